The van der Waals surface area contributed by atoms with Crippen LogP contribution in [0.15, 0.2) is 69.6 Å². The monoisotopic (exact) mass is 436 g/mol. The van der Waals surface area contributed by atoms with Crippen molar-refractivity contribution < 1.29 is 13.9 Å². The zero-order valence-electron chi connectivity index (χ0n) is 17.4. The van der Waals surface area contributed by atoms with E-state index in [9.17, 15) is 14.0 Å². The van der Waals surface area contributed by atoms with E-state index < -0.39 is 17.8 Å². The van der Waals surface area contributed by atoms with Crippen molar-refractivity contribution in [1.29, 1.82) is 0 Å². The number of rotatable bonds is 4. The van der Waals surface area contributed by atoms with Crippen LogP contribution in [0.2, 0.25) is 0 Å². The zero-order valence-corrected chi connectivity index (χ0v) is 18.2. The molecule has 0 saturated carbocycles. The number of benzene rings is 2. The summed E-state index contributed by atoms with van der Waals surface area (Å²) >= 11 is 1.17. The third-order valence-corrected chi connectivity index (χ3v) is 6.08. The smallest absolute Gasteiger partial charge is 0.338 e. The molecule has 0 bridgehead atoms. The highest BCUT2D eigenvalue weighted by molar-refractivity contribution is 7.07. The van der Waals surface area contributed by atoms with E-state index in [0.717, 1.165) is 11.1 Å². The molecule has 4 rings (SSSR count). The third kappa shape index (κ3) is 3.88. The fraction of sp³-hybridized carbons (Fsp3) is 0.208. The fourth-order valence-electron chi connectivity index (χ4n) is 3.59. The maximum atomic E-state index is 14.2. The molecule has 0 fully saturated rings. The topological polar surface area (TPSA) is 60.7 Å². The van der Waals surface area contributed by atoms with Gasteiger partial charge < -0.3 is 4.74 Å². The van der Waals surface area contributed by atoms with E-state index in [4.69, 9.17) is 4.74 Å². The second-order valence-corrected chi connectivity index (χ2v) is 8.24. The SMILES string of the molecule is CCOC(=O)C1=C(C)N=c2s/c(=C/c3ccccc3F)c(=O)n2[C@H]1c1ccc(C)cc1. The molecule has 3 aromatic rings. The minimum absolute atomic E-state index is 0.216. The number of ether oxygens (including phenoxy) is 1. The molecular weight excluding hydrogens is 415 g/mol. The number of esters is 1. The molecule has 1 aliphatic heterocycles. The predicted molar refractivity (Wildman–Crippen MR) is 118 cm³/mol. The molecule has 0 spiro atoms. The van der Waals surface area contributed by atoms with Crippen LogP contribution in [0.3, 0.4) is 0 Å². The highest BCUT2D eigenvalue weighted by Crippen LogP contribution is 2.30. The Bertz CT molecular complexity index is 1370. The van der Waals surface area contributed by atoms with Gasteiger partial charge in [-0.3, -0.25) is 9.36 Å². The Hall–Kier alpha value is -3.32. The average molecular weight is 437 g/mol. The van der Waals surface area contributed by atoms with E-state index in [1.54, 1.807) is 32.0 Å². The van der Waals surface area contributed by atoms with Gasteiger partial charge in [0, 0.05) is 5.56 Å². The van der Waals surface area contributed by atoms with Crippen molar-refractivity contribution in [3.63, 3.8) is 0 Å². The largest absolute Gasteiger partial charge is 0.463 e. The van der Waals surface area contributed by atoms with E-state index >= 15 is 0 Å². The van der Waals surface area contributed by atoms with Crippen molar-refractivity contribution in [2.75, 3.05) is 6.61 Å². The van der Waals surface area contributed by atoms with Crippen molar-refractivity contribution in [1.82, 2.24) is 4.57 Å². The Balaban J connectivity index is 1.97. The number of aromatic nitrogens is 1. The lowest BCUT2D eigenvalue weighted by Gasteiger charge is -2.24. The lowest BCUT2D eigenvalue weighted by Crippen LogP contribution is -2.39. The van der Waals surface area contributed by atoms with Crippen molar-refractivity contribution in [2.45, 2.75) is 26.8 Å². The number of halogens is 1. The third-order valence-electron chi connectivity index (χ3n) is 5.10. The van der Waals surface area contributed by atoms with Crippen LogP contribution >= 0.6 is 11.3 Å². The van der Waals surface area contributed by atoms with Gasteiger partial charge >= 0.3 is 5.97 Å². The van der Waals surface area contributed by atoms with Gasteiger partial charge in [-0.1, -0.05) is 59.4 Å². The quantitative estimate of drug-likeness (QED) is 0.590. The van der Waals surface area contributed by atoms with E-state index in [1.165, 1.54) is 28.0 Å². The Labute approximate surface area is 182 Å². The molecular formula is C24H21FN2O3S. The van der Waals surface area contributed by atoms with Gasteiger partial charge in [-0.25, -0.2) is 14.2 Å². The first-order valence-electron chi connectivity index (χ1n) is 9.91. The summed E-state index contributed by atoms with van der Waals surface area (Å²) < 4.78 is 21.3. The molecule has 2 heterocycles. The van der Waals surface area contributed by atoms with Crippen LogP contribution < -0.4 is 14.9 Å². The molecule has 1 atom stereocenters. The molecule has 7 heteroatoms. The number of nitrogens with zero attached hydrogens (tertiary/aromatic N) is 2. The number of allylic oxidation sites excluding steroid dienone is 1. The highest BCUT2D eigenvalue weighted by Gasteiger charge is 2.33. The first-order valence-corrected chi connectivity index (χ1v) is 10.7. The number of hydrogen-bond acceptors (Lipinski definition) is 5. The van der Waals surface area contributed by atoms with Crippen LogP contribution in [0.25, 0.3) is 6.08 Å². The van der Waals surface area contributed by atoms with Gasteiger partial charge in [0.15, 0.2) is 4.80 Å². The number of aryl methyl sites for hydroxylation is 1. The van der Waals surface area contributed by atoms with Gasteiger partial charge in [-0.05, 0) is 38.5 Å². The average Bonchev–Trinajstić information content (AvgIpc) is 3.04. The number of hydrogen-bond donors (Lipinski definition) is 0. The second-order valence-electron chi connectivity index (χ2n) is 7.23. The Morgan fingerprint density at radius 1 is 1.19 bits per heavy atom. The molecule has 0 aliphatic carbocycles. The molecule has 0 saturated heterocycles. The van der Waals surface area contributed by atoms with Gasteiger partial charge in [0.1, 0.15) is 5.82 Å². The van der Waals surface area contributed by atoms with Gasteiger partial charge in [-0.2, -0.15) is 0 Å². The molecule has 5 nitrogen and oxygen atoms in total. The van der Waals surface area contributed by atoms with E-state index in [2.05, 4.69) is 4.99 Å². The number of carbonyl (C=O) groups excluding carboxylic acids is 1. The summed E-state index contributed by atoms with van der Waals surface area (Å²) in [5, 5.41) is 0. The lowest BCUT2D eigenvalue weighted by atomic mass is 9.95. The van der Waals surface area contributed by atoms with E-state index in [-0.39, 0.29) is 12.2 Å². The maximum Gasteiger partial charge on any atom is 0.338 e. The van der Waals surface area contributed by atoms with E-state index in [1.807, 2.05) is 31.2 Å². The Morgan fingerprint density at radius 3 is 2.58 bits per heavy atom. The molecule has 1 aliphatic rings. The molecule has 158 valence electrons. The molecule has 0 amide bonds. The first kappa shape index (κ1) is 20.9. The van der Waals surface area contributed by atoms with Crippen LogP contribution in [0.5, 0.6) is 0 Å². The summed E-state index contributed by atoms with van der Waals surface area (Å²) in [6.07, 6.45) is 1.52. The van der Waals surface area contributed by atoms with E-state index in [0.29, 0.717) is 26.2 Å². The molecule has 0 radical (unpaired) electrons. The summed E-state index contributed by atoms with van der Waals surface area (Å²) in [6.45, 7) is 5.66. The van der Waals surface area contributed by atoms with Crippen LogP contribution in [0, 0.1) is 12.7 Å². The predicted octanol–water partition coefficient (Wildman–Crippen LogP) is 3.25. The Kier molecular flexibility index (Phi) is 5.69. The molecule has 2 aromatic carbocycles. The first-order chi connectivity index (χ1) is 14.9. The maximum absolute atomic E-state index is 14.2. The van der Waals surface area contributed by atoms with Gasteiger partial charge in [0.05, 0.1) is 28.5 Å². The van der Waals surface area contributed by atoms with Crippen LogP contribution in [0.4, 0.5) is 4.39 Å². The van der Waals surface area contributed by atoms with Gasteiger partial charge in [0.2, 0.25) is 0 Å². The minimum atomic E-state index is -0.668. The normalized spacial score (nSPS) is 16.1. The van der Waals surface area contributed by atoms with Crippen molar-refractivity contribution in [3.05, 3.63) is 102 Å². The fourth-order valence-corrected chi connectivity index (χ4v) is 4.63. The lowest BCUT2D eigenvalue weighted by molar-refractivity contribution is -0.139. The van der Waals surface area contributed by atoms with Gasteiger partial charge in [0.25, 0.3) is 5.56 Å². The Morgan fingerprint density at radius 2 is 1.90 bits per heavy atom. The summed E-state index contributed by atoms with van der Waals surface area (Å²) in [4.78, 5) is 31.2. The molecule has 0 N–H and O–H groups in total. The summed E-state index contributed by atoms with van der Waals surface area (Å²) in [5.74, 6) is -0.912. The standard InChI is InChI=1S/C24H21FN2O3S/c1-4-30-23(29)20-15(3)26-24-27(21(20)16-11-9-14(2)10-12-16)22(28)19(31-24)13-17-7-5-6-8-18(17)25/h5-13,21H,4H2,1-3H3/b19-13+/t21-/m0/s1. The molecule has 1 aromatic heterocycles. The van der Waals surface area contributed by atoms with Crippen molar-refractivity contribution in [3.8, 4) is 0 Å². The second kappa shape index (κ2) is 8.43. The summed E-state index contributed by atoms with van der Waals surface area (Å²) in [7, 11) is 0. The summed E-state index contributed by atoms with van der Waals surface area (Å²) in [6, 6.07) is 13.3. The summed E-state index contributed by atoms with van der Waals surface area (Å²) in [5.41, 5.74) is 2.67. The van der Waals surface area contributed by atoms with Crippen LogP contribution in [-0.4, -0.2) is 17.1 Å². The van der Waals surface area contributed by atoms with Crippen LogP contribution in [0.1, 0.15) is 36.6 Å². The van der Waals surface area contributed by atoms with Crippen molar-refractivity contribution >= 4 is 23.4 Å². The molecule has 31 heavy (non-hydrogen) atoms. The molecule has 0 unspecified atom stereocenters. The van der Waals surface area contributed by atoms with Crippen molar-refractivity contribution in [2.24, 2.45) is 4.99 Å². The number of fused-ring (bicyclic) bond motifs is 1. The number of thiazole rings is 1. The van der Waals surface area contributed by atoms with Gasteiger partial charge in [-0.15, -0.1) is 0 Å². The highest BCUT2D eigenvalue weighted by atomic mass is 32.1. The minimum Gasteiger partial charge on any atom is -0.463 e. The zero-order chi connectivity index (χ0) is 22.1. The number of carbonyl (C=O) groups is 1. The van der Waals surface area contributed by atoms with Crippen LogP contribution in [-0.2, 0) is 9.53 Å².